The zero-order valence-electron chi connectivity index (χ0n) is 17.0. The smallest absolute Gasteiger partial charge is 0.287 e. The molecular weight excluding hydrogens is 468 g/mol. The number of thioether (sulfide) groups is 1. The summed E-state index contributed by atoms with van der Waals surface area (Å²) in [6.45, 7) is 0. The number of amidine groups is 1. The standard InChI is InChI=1S/C22H15ClN4O5S/c1-31-18-10-13(6-8-17(18)32-20-9-7-14(12-24-20)27(29)30)11-19-21(28)26-22(33-19)25-16-5-3-2-4-15(16)23/h2-12H,1H3,(H,25,26,28). The minimum Gasteiger partial charge on any atom is -0.493 e. The summed E-state index contributed by atoms with van der Waals surface area (Å²) >= 11 is 7.33. The van der Waals surface area contributed by atoms with Gasteiger partial charge in [-0.1, -0.05) is 29.8 Å². The number of aromatic nitrogens is 1. The van der Waals surface area contributed by atoms with Gasteiger partial charge in [0.2, 0.25) is 5.88 Å². The lowest BCUT2D eigenvalue weighted by Crippen LogP contribution is -2.19. The monoisotopic (exact) mass is 482 g/mol. The molecule has 1 saturated heterocycles. The molecule has 0 atom stereocenters. The van der Waals surface area contributed by atoms with E-state index in [0.29, 0.717) is 37.8 Å². The van der Waals surface area contributed by atoms with Crippen LogP contribution in [-0.4, -0.2) is 28.1 Å². The first-order valence-electron chi connectivity index (χ1n) is 9.43. The fraction of sp³-hybridized carbons (Fsp3) is 0.0455. The van der Waals surface area contributed by atoms with E-state index in [2.05, 4.69) is 15.3 Å². The first kappa shape index (κ1) is 22.3. The maximum absolute atomic E-state index is 12.4. The molecule has 1 N–H and O–H groups in total. The van der Waals surface area contributed by atoms with Crippen LogP contribution in [0.5, 0.6) is 17.4 Å². The van der Waals surface area contributed by atoms with E-state index in [0.717, 1.165) is 6.20 Å². The van der Waals surface area contributed by atoms with Gasteiger partial charge in [0, 0.05) is 12.1 Å². The Labute approximate surface area is 197 Å². The minimum absolute atomic E-state index is 0.138. The SMILES string of the molecule is COc1cc(C=C2SC(=Nc3ccccc3Cl)NC2=O)ccc1Oc1ccc([N+](=O)[O-])cn1. The van der Waals surface area contributed by atoms with E-state index in [1.54, 1.807) is 42.5 Å². The number of carbonyl (C=O) groups is 1. The molecule has 1 aliphatic heterocycles. The Bertz CT molecular complexity index is 1290. The van der Waals surface area contributed by atoms with Crippen molar-refractivity contribution >= 4 is 51.9 Å². The molecule has 1 amide bonds. The molecule has 3 aromatic rings. The number of nitro groups is 1. The van der Waals surface area contributed by atoms with Gasteiger partial charge in [-0.05, 0) is 47.7 Å². The number of amides is 1. The van der Waals surface area contributed by atoms with Gasteiger partial charge in [0.15, 0.2) is 16.7 Å². The summed E-state index contributed by atoms with van der Waals surface area (Å²) in [5, 5.41) is 14.4. The number of hydrogen-bond donors (Lipinski definition) is 1. The summed E-state index contributed by atoms with van der Waals surface area (Å²) in [6, 6.07) is 14.9. The van der Waals surface area contributed by atoms with Crippen molar-refractivity contribution < 1.29 is 19.2 Å². The zero-order valence-corrected chi connectivity index (χ0v) is 18.6. The van der Waals surface area contributed by atoms with Crippen molar-refractivity contribution in [1.82, 2.24) is 10.3 Å². The number of ether oxygens (including phenoxy) is 2. The summed E-state index contributed by atoms with van der Waals surface area (Å²) in [7, 11) is 1.48. The summed E-state index contributed by atoms with van der Waals surface area (Å²) in [5.41, 5.74) is 1.12. The lowest BCUT2D eigenvalue weighted by atomic mass is 10.2. The molecule has 2 aromatic carbocycles. The predicted octanol–water partition coefficient (Wildman–Crippen LogP) is 5.34. The minimum atomic E-state index is -0.540. The molecule has 1 fully saturated rings. The average molecular weight is 483 g/mol. The van der Waals surface area contributed by atoms with E-state index >= 15 is 0 Å². The molecule has 4 rings (SSSR count). The average Bonchev–Trinajstić information content (AvgIpc) is 3.15. The largest absolute Gasteiger partial charge is 0.493 e. The summed E-state index contributed by atoms with van der Waals surface area (Å²) in [5.74, 6) is 0.666. The maximum atomic E-state index is 12.4. The zero-order chi connectivity index (χ0) is 23.4. The van der Waals surface area contributed by atoms with Crippen molar-refractivity contribution in [2.45, 2.75) is 0 Å². The first-order chi connectivity index (χ1) is 15.9. The third-order valence-electron chi connectivity index (χ3n) is 4.36. The Hall–Kier alpha value is -3.89. The van der Waals surface area contributed by atoms with Crippen molar-refractivity contribution in [2.75, 3.05) is 7.11 Å². The molecule has 9 nitrogen and oxygen atoms in total. The highest BCUT2D eigenvalue weighted by Gasteiger charge is 2.24. The van der Waals surface area contributed by atoms with E-state index in [-0.39, 0.29) is 17.5 Å². The second-order valence-corrected chi connectivity index (χ2v) is 8.00. The number of pyridine rings is 1. The number of aliphatic imine (C=N–C) groups is 1. The Morgan fingerprint density at radius 3 is 2.70 bits per heavy atom. The highest BCUT2D eigenvalue weighted by Crippen LogP contribution is 2.35. The fourth-order valence-electron chi connectivity index (χ4n) is 2.80. The number of methoxy groups -OCH3 is 1. The molecule has 0 aliphatic carbocycles. The van der Waals surface area contributed by atoms with Crippen LogP contribution in [0.3, 0.4) is 0 Å². The number of carbonyl (C=O) groups excluding carboxylic acids is 1. The maximum Gasteiger partial charge on any atom is 0.287 e. The fourth-order valence-corrected chi connectivity index (χ4v) is 3.81. The quantitative estimate of drug-likeness (QED) is 0.286. The van der Waals surface area contributed by atoms with Gasteiger partial charge < -0.3 is 14.8 Å². The van der Waals surface area contributed by atoms with Gasteiger partial charge in [0.25, 0.3) is 11.6 Å². The van der Waals surface area contributed by atoms with Crippen molar-refractivity contribution in [3.8, 4) is 17.4 Å². The second kappa shape index (κ2) is 9.72. The number of halogens is 1. The molecule has 166 valence electrons. The van der Waals surface area contributed by atoms with Crippen LogP contribution in [0.1, 0.15) is 5.56 Å². The Balaban J connectivity index is 1.53. The Morgan fingerprint density at radius 1 is 1.18 bits per heavy atom. The van der Waals surface area contributed by atoms with Crippen LogP contribution in [-0.2, 0) is 4.79 Å². The van der Waals surface area contributed by atoms with Crippen LogP contribution in [0.15, 0.2) is 70.7 Å². The molecule has 11 heteroatoms. The molecule has 0 saturated carbocycles. The molecule has 0 radical (unpaired) electrons. The van der Waals surface area contributed by atoms with E-state index in [1.807, 2.05) is 6.07 Å². The third kappa shape index (κ3) is 5.30. The van der Waals surface area contributed by atoms with Gasteiger partial charge in [0.1, 0.15) is 6.20 Å². The third-order valence-corrected chi connectivity index (χ3v) is 5.59. The molecule has 0 spiro atoms. The molecule has 33 heavy (non-hydrogen) atoms. The number of hydrogen-bond acceptors (Lipinski definition) is 8. The number of para-hydroxylation sites is 1. The van der Waals surface area contributed by atoms with E-state index < -0.39 is 4.92 Å². The molecule has 0 bridgehead atoms. The Morgan fingerprint density at radius 2 is 2.00 bits per heavy atom. The lowest BCUT2D eigenvalue weighted by molar-refractivity contribution is -0.385. The van der Waals surface area contributed by atoms with Gasteiger partial charge in [0.05, 0.1) is 27.6 Å². The van der Waals surface area contributed by atoms with Crippen molar-refractivity contribution in [2.24, 2.45) is 4.99 Å². The van der Waals surface area contributed by atoms with E-state index in [4.69, 9.17) is 21.1 Å². The van der Waals surface area contributed by atoms with Crippen LogP contribution < -0.4 is 14.8 Å². The van der Waals surface area contributed by atoms with Gasteiger partial charge in [-0.3, -0.25) is 14.9 Å². The van der Waals surface area contributed by atoms with E-state index in [9.17, 15) is 14.9 Å². The normalized spacial score (nSPS) is 15.5. The molecular formula is C22H15ClN4O5S. The van der Waals surface area contributed by atoms with Crippen LogP contribution in [0.2, 0.25) is 5.02 Å². The van der Waals surface area contributed by atoms with Gasteiger partial charge in [-0.25, -0.2) is 9.98 Å². The first-order valence-corrected chi connectivity index (χ1v) is 10.6. The molecule has 0 unspecified atom stereocenters. The topological polar surface area (TPSA) is 116 Å². The van der Waals surface area contributed by atoms with Crippen LogP contribution in [0.25, 0.3) is 6.08 Å². The number of nitrogens with zero attached hydrogens (tertiary/aromatic N) is 3. The van der Waals surface area contributed by atoms with Crippen LogP contribution in [0.4, 0.5) is 11.4 Å². The summed E-state index contributed by atoms with van der Waals surface area (Å²) in [6.07, 6.45) is 2.81. The van der Waals surface area contributed by atoms with Crippen LogP contribution >= 0.6 is 23.4 Å². The lowest BCUT2D eigenvalue weighted by Gasteiger charge is -2.10. The second-order valence-electron chi connectivity index (χ2n) is 6.56. The van der Waals surface area contributed by atoms with Gasteiger partial charge in [-0.15, -0.1) is 0 Å². The number of nitrogens with one attached hydrogen (secondary N) is 1. The van der Waals surface area contributed by atoms with Crippen LogP contribution in [0, 0.1) is 10.1 Å². The molecule has 1 aromatic heterocycles. The van der Waals surface area contributed by atoms with Crippen molar-refractivity contribution in [3.63, 3.8) is 0 Å². The summed E-state index contributed by atoms with van der Waals surface area (Å²) in [4.78, 5) is 31.4. The van der Waals surface area contributed by atoms with Crippen molar-refractivity contribution in [3.05, 3.63) is 86.4 Å². The van der Waals surface area contributed by atoms with Gasteiger partial charge in [-0.2, -0.15) is 0 Å². The van der Waals surface area contributed by atoms with Crippen molar-refractivity contribution in [1.29, 1.82) is 0 Å². The molecule has 1 aliphatic rings. The highest BCUT2D eigenvalue weighted by molar-refractivity contribution is 8.18. The number of rotatable bonds is 6. The Kier molecular flexibility index (Phi) is 6.57. The molecule has 2 heterocycles. The summed E-state index contributed by atoms with van der Waals surface area (Å²) < 4.78 is 11.1. The highest BCUT2D eigenvalue weighted by atomic mass is 35.5. The number of benzene rings is 2. The van der Waals surface area contributed by atoms with Gasteiger partial charge >= 0.3 is 0 Å². The predicted molar refractivity (Wildman–Crippen MR) is 126 cm³/mol. The van der Waals surface area contributed by atoms with E-state index in [1.165, 1.54) is 31.0 Å².